The number of benzene rings is 9. The average Bonchev–Trinajstić information content (AvgIpc) is 3.85. The van der Waals surface area contributed by atoms with Gasteiger partial charge in [0.25, 0.3) is 0 Å². The molecule has 0 aliphatic heterocycles. The molecule has 0 aliphatic carbocycles. The second kappa shape index (κ2) is 12.9. The van der Waals surface area contributed by atoms with E-state index < -0.39 is 0 Å². The fourth-order valence-corrected chi connectivity index (χ4v) is 10.5. The van der Waals surface area contributed by atoms with Gasteiger partial charge < -0.3 is 0 Å². The molecule has 0 N–H and O–H groups in total. The lowest BCUT2D eigenvalue weighted by molar-refractivity contribution is 1.10. The van der Waals surface area contributed by atoms with Crippen molar-refractivity contribution in [2.45, 2.75) is 0 Å². The number of hydrogen-bond donors (Lipinski definition) is 0. The molecule has 4 heterocycles. The van der Waals surface area contributed by atoms with Gasteiger partial charge in [-0.1, -0.05) is 152 Å². The van der Waals surface area contributed by atoms with Crippen LogP contribution < -0.4 is 0 Å². The van der Waals surface area contributed by atoms with Crippen LogP contribution in [0.5, 0.6) is 0 Å². The molecule has 4 aromatic heterocycles. The normalized spacial score (nSPS) is 12.0. The molecule has 278 valence electrons. The molecule has 0 radical (unpaired) electrons. The Morgan fingerprint density at radius 1 is 0.417 bits per heavy atom. The lowest BCUT2D eigenvalue weighted by atomic mass is 10.00. The number of fused-ring (bicyclic) bond motifs is 11. The predicted molar refractivity (Wildman–Crippen MR) is 253 cm³/mol. The van der Waals surface area contributed by atoms with Gasteiger partial charge in [-0.2, -0.15) is 0 Å². The predicted octanol–water partition coefficient (Wildman–Crippen LogP) is 15.0. The summed E-state index contributed by atoms with van der Waals surface area (Å²) in [4.78, 5) is 16.3. The highest BCUT2D eigenvalue weighted by Gasteiger charge is 2.22. The van der Waals surface area contributed by atoms with Gasteiger partial charge in [0.05, 0.1) is 26.9 Å². The van der Waals surface area contributed by atoms with Crippen LogP contribution in [0.15, 0.2) is 194 Å². The molecule has 9 aromatic carbocycles. The summed E-state index contributed by atoms with van der Waals surface area (Å²) in [5.41, 5.74) is 8.44. The summed E-state index contributed by atoms with van der Waals surface area (Å²) in [5.74, 6) is 1.54. The minimum Gasteiger partial charge on any atom is -0.293 e. The third-order valence-corrected chi connectivity index (χ3v) is 13.4. The molecule has 0 aliphatic rings. The van der Waals surface area contributed by atoms with Crippen LogP contribution in [0.4, 0.5) is 0 Å². The van der Waals surface area contributed by atoms with Gasteiger partial charge in [-0.3, -0.25) is 4.57 Å². The molecule has 4 nitrogen and oxygen atoms in total. The van der Waals surface area contributed by atoms with Crippen molar-refractivity contribution in [3.63, 3.8) is 0 Å². The van der Waals surface area contributed by atoms with Crippen molar-refractivity contribution in [3.05, 3.63) is 194 Å². The summed E-state index contributed by atoms with van der Waals surface area (Å²) in [7, 11) is 0. The largest absolute Gasteiger partial charge is 0.293 e. The van der Waals surface area contributed by atoms with Gasteiger partial charge in [-0.05, 0) is 85.2 Å². The number of rotatable bonds is 4. The first-order valence-electron chi connectivity index (χ1n) is 20.3. The summed E-state index contributed by atoms with van der Waals surface area (Å²) >= 11 is 1.76. The van der Waals surface area contributed by atoms with Crippen LogP contribution in [0.3, 0.4) is 0 Å². The van der Waals surface area contributed by atoms with Gasteiger partial charge in [0, 0.05) is 43.6 Å². The standard InChI is InChI=1S/C55H32N4S/c1-2-14-35(15-3-1)51-53-52(45-30-40(25-27-49(45)60-53)39-23-22-33-12-4-5-16-36(33)28-39)58-54(57-51)46-32-56-55(43-21-11-10-20-42(43)46)59-47-26-24-34-13-8-9-19-41(34)50(47)44-29-37-17-6-7-18-38(37)31-48(44)59/h1-32H. The molecule has 13 aromatic rings. The van der Waals surface area contributed by atoms with Crippen LogP contribution in [0.25, 0.3) is 125 Å². The molecule has 0 bridgehead atoms. The first-order valence-corrected chi connectivity index (χ1v) is 21.1. The SMILES string of the molecule is c1ccc(-c2nc(-c3cnc(-n4c5cc6ccccc6cc5c5c6ccccc6ccc54)c4ccccc34)nc3c2sc2ccc(-c4ccc5ccccc5c4)cc23)cc1. The van der Waals surface area contributed by atoms with E-state index in [1.165, 1.54) is 53.4 Å². The van der Waals surface area contributed by atoms with Crippen molar-refractivity contribution in [3.8, 4) is 39.6 Å². The van der Waals surface area contributed by atoms with Crippen molar-refractivity contribution in [2.75, 3.05) is 0 Å². The minimum atomic E-state index is 0.659. The van der Waals surface area contributed by atoms with Gasteiger partial charge in [-0.15, -0.1) is 11.3 Å². The molecule has 0 unspecified atom stereocenters. The van der Waals surface area contributed by atoms with Gasteiger partial charge >= 0.3 is 0 Å². The number of nitrogens with zero attached hydrogens (tertiary/aromatic N) is 4. The van der Waals surface area contributed by atoms with Crippen molar-refractivity contribution in [1.82, 2.24) is 19.5 Å². The van der Waals surface area contributed by atoms with Crippen LogP contribution in [-0.2, 0) is 0 Å². The van der Waals surface area contributed by atoms with Crippen LogP contribution in [-0.4, -0.2) is 19.5 Å². The second-order valence-electron chi connectivity index (χ2n) is 15.6. The van der Waals surface area contributed by atoms with Crippen LogP contribution in [0.2, 0.25) is 0 Å². The monoisotopic (exact) mass is 780 g/mol. The molecule has 0 saturated heterocycles. The van der Waals surface area contributed by atoms with Gasteiger partial charge in [-0.25, -0.2) is 15.0 Å². The molecule has 13 rings (SSSR count). The number of aromatic nitrogens is 4. The lowest BCUT2D eigenvalue weighted by Gasteiger charge is -2.14. The maximum atomic E-state index is 5.47. The highest BCUT2D eigenvalue weighted by atomic mass is 32.1. The molecule has 0 spiro atoms. The Bertz CT molecular complexity index is 3900. The Labute approximate surface area is 348 Å². The summed E-state index contributed by atoms with van der Waals surface area (Å²) in [6.45, 7) is 0. The van der Waals surface area contributed by atoms with E-state index in [2.05, 4.69) is 193 Å². The number of hydrogen-bond acceptors (Lipinski definition) is 4. The van der Waals surface area contributed by atoms with E-state index in [-0.39, 0.29) is 0 Å². The Hall–Kier alpha value is -7.73. The highest BCUT2D eigenvalue weighted by Crippen LogP contribution is 2.44. The Kier molecular flexibility index (Phi) is 7.14. The molecule has 0 fully saturated rings. The van der Waals surface area contributed by atoms with Gasteiger partial charge in [0.1, 0.15) is 5.82 Å². The summed E-state index contributed by atoms with van der Waals surface area (Å²) in [6, 6.07) is 67.6. The fraction of sp³-hybridized carbons (Fsp3) is 0. The molecule has 0 atom stereocenters. The van der Waals surface area contributed by atoms with Crippen molar-refractivity contribution in [2.24, 2.45) is 0 Å². The van der Waals surface area contributed by atoms with Crippen molar-refractivity contribution in [1.29, 1.82) is 0 Å². The lowest BCUT2D eigenvalue weighted by Crippen LogP contribution is -2.01. The first kappa shape index (κ1) is 33.3. The topological polar surface area (TPSA) is 43.6 Å². The zero-order chi connectivity index (χ0) is 39.3. The van der Waals surface area contributed by atoms with Crippen molar-refractivity contribution >= 4 is 96.5 Å². The van der Waals surface area contributed by atoms with Crippen LogP contribution >= 0.6 is 11.3 Å². The third-order valence-electron chi connectivity index (χ3n) is 12.2. The second-order valence-corrected chi connectivity index (χ2v) is 16.6. The molecule has 5 heteroatoms. The first-order chi connectivity index (χ1) is 29.7. The maximum absolute atomic E-state index is 5.47. The number of thiophene rings is 1. The van der Waals surface area contributed by atoms with E-state index in [4.69, 9.17) is 15.0 Å². The Morgan fingerprint density at radius 2 is 1.07 bits per heavy atom. The quantitative estimate of drug-likeness (QED) is 0.179. The summed E-state index contributed by atoms with van der Waals surface area (Å²) in [6.07, 6.45) is 1.99. The van der Waals surface area contributed by atoms with E-state index in [9.17, 15) is 0 Å². The summed E-state index contributed by atoms with van der Waals surface area (Å²) in [5, 5.41) is 13.0. The van der Waals surface area contributed by atoms with E-state index in [1.807, 2.05) is 6.20 Å². The van der Waals surface area contributed by atoms with Gasteiger partial charge in [0.2, 0.25) is 0 Å². The third kappa shape index (κ3) is 5.00. The zero-order valence-corrected chi connectivity index (χ0v) is 33.0. The minimum absolute atomic E-state index is 0.659. The van der Waals surface area contributed by atoms with Gasteiger partial charge in [0.15, 0.2) is 5.82 Å². The molecular formula is C55H32N4S. The van der Waals surface area contributed by atoms with E-state index in [1.54, 1.807) is 11.3 Å². The van der Waals surface area contributed by atoms with Crippen LogP contribution in [0, 0.1) is 0 Å². The molecule has 0 saturated carbocycles. The Balaban J connectivity index is 1.06. The number of pyridine rings is 1. The maximum Gasteiger partial charge on any atom is 0.162 e. The van der Waals surface area contributed by atoms with E-state index in [0.717, 1.165) is 65.6 Å². The van der Waals surface area contributed by atoms with Crippen molar-refractivity contribution < 1.29 is 0 Å². The smallest absolute Gasteiger partial charge is 0.162 e. The fourth-order valence-electron chi connectivity index (χ4n) is 9.34. The molecular weight excluding hydrogens is 749 g/mol. The Morgan fingerprint density at radius 3 is 1.90 bits per heavy atom. The van der Waals surface area contributed by atoms with E-state index in [0.29, 0.717) is 5.82 Å². The van der Waals surface area contributed by atoms with E-state index >= 15 is 0 Å². The average molecular weight is 781 g/mol. The molecule has 60 heavy (non-hydrogen) atoms. The summed E-state index contributed by atoms with van der Waals surface area (Å²) < 4.78 is 4.62. The molecule has 0 amide bonds. The zero-order valence-electron chi connectivity index (χ0n) is 32.2. The van der Waals surface area contributed by atoms with Crippen LogP contribution in [0.1, 0.15) is 0 Å². The highest BCUT2D eigenvalue weighted by molar-refractivity contribution is 7.26.